The monoisotopic (exact) mass is 264 g/mol. The maximum absolute atomic E-state index is 11.6. The average molecular weight is 264 g/mol. The molecule has 9 nitrogen and oxygen atoms in total. The number of aromatic nitrogens is 2. The summed E-state index contributed by atoms with van der Waals surface area (Å²) in [5.41, 5.74) is -0.783. The lowest BCUT2D eigenvalue weighted by molar-refractivity contribution is -0.385. The van der Waals surface area contributed by atoms with Crippen LogP contribution in [-0.4, -0.2) is 20.6 Å². The van der Waals surface area contributed by atoms with Gasteiger partial charge in [0, 0.05) is 18.2 Å². The van der Waals surface area contributed by atoms with Gasteiger partial charge in [-0.15, -0.1) is 0 Å². The largest absolute Gasteiger partial charge is 0.363 e. The second-order valence-corrected chi connectivity index (χ2v) is 3.54. The smallest absolute Gasteiger partial charge is 0.285 e. The first-order chi connectivity index (χ1) is 9.06. The molecule has 0 aliphatic carbocycles. The van der Waals surface area contributed by atoms with E-state index in [1.807, 2.05) is 0 Å². The number of rotatable bonds is 4. The number of nitrogens with one attached hydrogen (secondary N) is 1. The Hall–Kier alpha value is -2.97. The molecule has 0 spiro atoms. The number of nitro groups is 1. The molecule has 0 saturated heterocycles. The molecule has 2 heterocycles. The molecule has 0 bridgehead atoms. The van der Waals surface area contributed by atoms with E-state index >= 15 is 0 Å². The van der Waals surface area contributed by atoms with Gasteiger partial charge in [-0.25, -0.2) is 0 Å². The summed E-state index contributed by atoms with van der Waals surface area (Å²) < 4.78 is 5.46. The average Bonchev–Trinajstić information content (AvgIpc) is 2.84. The second-order valence-electron chi connectivity index (χ2n) is 3.54. The molecule has 0 aliphatic rings. The Morgan fingerprint density at radius 2 is 2.26 bits per heavy atom. The molecule has 0 atom stereocenters. The summed E-state index contributed by atoms with van der Waals surface area (Å²) in [7, 11) is 0. The molecule has 0 unspecified atom stereocenters. The van der Waals surface area contributed by atoms with Crippen LogP contribution in [0.5, 0.6) is 0 Å². The Morgan fingerprint density at radius 3 is 2.89 bits per heavy atom. The number of nitrogens with zero attached hydrogens (tertiary/aromatic N) is 3. The molecule has 0 radical (unpaired) electrons. The van der Waals surface area contributed by atoms with Crippen molar-refractivity contribution in [3.8, 4) is 0 Å². The van der Waals surface area contributed by atoms with Gasteiger partial charge in [0.25, 0.3) is 11.2 Å². The lowest BCUT2D eigenvalue weighted by Gasteiger charge is -2.04. The van der Waals surface area contributed by atoms with Crippen LogP contribution in [0.15, 0.2) is 40.0 Å². The normalized spacial score (nSPS) is 10.1. The van der Waals surface area contributed by atoms with Crippen LogP contribution in [0.2, 0.25) is 0 Å². The van der Waals surface area contributed by atoms with Crippen LogP contribution in [0.4, 0.5) is 11.5 Å². The van der Waals surface area contributed by atoms with Crippen LogP contribution in [-0.2, 0) is 11.3 Å². The minimum atomic E-state index is -0.647. The third-order valence-corrected chi connectivity index (χ3v) is 2.20. The molecule has 1 amide bonds. The van der Waals surface area contributed by atoms with Crippen LogP contribution in [0, 0.1) is 10.1 Å². The predicted octanol–water partition coefficient (Wildman–Crippen LogP) is 0.383. The summed E-state index contributed by atoms with van der Waals surface area (Å²) >= 11 is 0. The fourth-order valence-corrected chi connectivity index (χ4v) is 1.36. The van der Waals surface area contributed by atoms with Crippen LogP contribution in [0.3, 0.4) is 0 Å². The first-order valence-corrected chi connectivity index (χ1v) is 5.11. The zero-order chi connectivity index (χ0) is 13.8. The summed E-state index contributed by atoms with van der Waals surface area (Å²) in [4.78, 5) is 33.0. The van der Waals surface area contributed by atoms with Gasteiger partial charge in [-0.05, 0) is 0 Å². The Kier molecular flexibility index (Phi) is 3.37. The summed E-state index contributed by atoms with van der Waals surface area (Å²) in [6, 6.07) is 3.53. The quantitative estimate of drug-likeness (QED) is 0.629. The maximum Gasteiger partial charge on any atom is 0.285 e. The Balaban J connectivity index is 2.14. The lowest BCUT2D eigenvalue weighted by Crippen LogP contribution is -2.27. The molecule has 2 aromatic rings. The lowest BCUT2D eigenvalue weighted by atomic mass is 10.4. The van der Waals surface area contributed by atoms with Crippen molar-refractivity contribution in [1.82, 2.24) is 9.72 Å². The number of hydrogen-bond donors (Lipinski definition) is 1. The van der Waals surface area contributed by atoms with Gasteiger partial charge in [-0.2, -0.15) is 0 Å². The van der Waals surface area contributed by atoms with E-state index in [-0.39, 0.29) is 18.1 Å². The number of anilines is 1. The first-order valence-electron chi connectivity index (χ1n) is 5.11. The zero-order valence-corrected chi connectivity index (χ0v) is 9.48. The highest BCUT2D eigenvalue weighted by Crippen LogP contribution is 2.06. The molecule has 1 N–H and O–H groups in total. The molecule has 0 fully saturated rings. The minimum absolute atomic E-state index is 0.198. The van der Waals surface area contributed by atoms with Crippen LogP contribution >= 0.6 is 0 Å². The second kappa shape index (κ2) is 5.12. The molecule has 2 rings (SSSR count). The van der Waals surface area contributed by atoms with Crippen molar-refractivity contribution in [3.63, 3.8) is 0 Å². The third kappa shape index (κ3) is 3.03. The van der Waals surface area contributed by atoms with Gasteiger partial charge >= 0.3 is 0 Å². The standard InChI is InChI=1S/C10H8N4O5/c15-9(11-8-3-4-19-12-8)6-13-5-7(14(17)18)1-2-10(13)16/h1-5H,6H2,(H,11,12,15). The third-order valence-electron chi connectivity index (χ3n) is 2.20. The van der Waals surface area contributed by atoms with Crippen molar-refractivity contribution < 1.29 is 14.2 Å². The number of carbonyl (C=O) groups is 1. The molecular weight excluding hydrogens is 256 g/mol. The van der Waals surface area contributed by atoms with E-state index in [1.165, 1.54) is 12.3 Å². The van der Waals surface area contributed by atoms with E-state index in [9.17, 15) is 19.7 Å². The van der Waals surface area contributed by atoms with E-state index in [0.717, 1.165) is 22.9 Å². The van der Waals surface area contributed by atoms with Crippen LogP contribution < -0.4 is 10.9 Å². The predicted molar refractivity (Wildman–Crippen MR) is 62.5 cm³/mol. The van der Waals surface area contributed by atoms with Crippen molar-refractivity contribution in [3.05, 3.63) is 51.1 Å². The summed E-state index contributed by atoms with van der Waals surface area (Å²) in [5.74, 6) is -0.347. The maximum atomic E-state index is 11.6. The molecule has 2 aromatic heterocycles. The molecular formula is C10H8N4O5. The Labute approximate surface area is 105 Å². The van der Waals surface area contributed by atoms with Gasteiger partial charge in [-0.1, -0.05) is 5.16 Å². The highest BCUT2D eigenvalue weighted by atomic mass is 16.6. The molecule has 0 aromatic carbocycles. The summed E-state index contributed by atoms with van der Waals surface area (Å²) in [5, 5.41) is 16.4. The number of carbonyl (C=O) groups excluding carboxylic acids is 1. The molecule has 9 heteroatoms. The molecule has 98 valence electrons. The van der Waals surface area contributed by atoms with Gasteiger partial charge in [0.15, 0.2) is 5.82 Å². The minimum Gasteiger partial charge on any atom is -0.363 e. The van der Waals surface area contributed by atoms with Gasteiger partial charge in [-0.3, -0.25) is 24.3 Å². The summed E-state index contributed by atoms with van der Waals surface area (Å²) in [6.45, 7) is -0.354. The number of amides is 1. The van der Waals surface area contributed by atoms with Gasteiger partial charge in [0.2, 0.25) is 5.91 Å². The van der Waals surface area contributed by atoms with Crippen molar-refractivity contribution >= 4 is 17.4 Å². The van der Waals surface area contributed by atoms with Crippen molar-refractivity contribution in [1.29, 1.82) is 0 Å². The van der Waals surface area contributed by atoms with E-state index < -0.39 is 16.4 Å². The van der Waals surface area contributed by atoms with E-state index in [4.69, 9.17) is 0 Å². The fourth-order valence-electron chi connectivity index (χ4n) is 1.36. The zero-order valence-electron chi connectivity index (χ0n) is 9.48. The topological polar surface area (TPSA) is 120 Å². The van der Waals surface area contributed by atoms with Crippen molar-refractivity contribution in [2.45, 2.75) is 6.54 Å². The van der Waals surface area contributed by atoms with E-state index in [2.05, 4.69) is 15.0 Å². The number of pyridine rings is 1. The molecule has 0 saturated carbocycles. The Bertz CT molecular complexity index is 661. The SMILES string of the molecule is O=C(Cn1cc([N+](=O)[O-])ccc1=O)Nc1ccon1. The van der Waals surface area contributed by atoms with Gasteiger partial charge in [0.1, 0.15) is 12.8 Å². The summed E-state index contributed by atoms with van der Waals surface area (Å²) in [6.07, 6.45) is 2.28. The van der Waals surface area contributed by atoms with E-state index in [1.54, 1.807) is 0 Å². The molecule has 19 heavy (non-hydrogen) atoms. The number of hydrogen-bond acceptors (Lipinski definition) is 6. The van der Waals surface area contributed by atoms with Crippen molar-refractivity contribution in [2.24, 2.45) is 0 Å². The van der Waals surface area contributed by atoms with Crippen LogP contribution in [0.1, 0.15) is 0 Å². The van der Waals surface area contributed by atoms with Gasteiger partial charge in [0.05, 0.1) is 11.1 Å². The highest BCUT2D eigenvalue weighted by Gasteiger charge is 2.11. The van der Waals surface area contributed by atoms with Gasteiger partial charge < -0.3 is 9.84 Å². The molecule has 0 aliphatic heterocycles. The highest BCUT2D eigenvalue weighted by molar-refractivity contribution is 5.89. The van der Waals surface area contributed by atoms with E-state index in [0.29, 0.717) is 0 Å². The fraction of sp³-hybridized carbons (Fsp3) is 0.100. The first kappa shape index (κ1) is 12.5. The Morgan fingerprint density at radius 1 is 1.47 bits per heavy atom. The van der Waals surface area contributed by atoms with Crippen LogP contribution in [0.25, 0.3) is 0 Å². The van der Waals surface area contributed by atoms with Crippen molar-refractivity contribution in [2.75, 3.05) is 5.32 Å².